The van der Waals surface area contributed by atoms with Crippen LogP contribution in [0.4, 0.5) is 5.69 Å². The van der Waals surface area contributed by atoms with Crippen molar-refractivity contribution in [3.8, 4) is 11.5 Å². The molecule has 0 bridgehead atoms. The fourth-order valence-electron chi connectivity index (χ4n) is 1.96. The molecule has 1 atom stereocenters. The molecule has 104 valence electrons. The van der Waals surface area contributed by atoms with Crippen LogP contribution in [-0.4, -0.2) is 26.9 Å². The first-order valence-electron chi connectivity index (χ1n) is 6.20. The Hall–Kier alpha value is -1.55. The maximum atomic E-state index is 6.12. The van der Waals surface area contributed by atoms with Gasteiger partial charge in [-0.2, -0.15) is 0 Å². The summed E-state index contributed by atoms with van der Waals surface area (Å²) in [4.78, 5) is 0. The topological polar surface area (TPSA) is 39.7 Å². The summed E-state index contributed by atoms with van der Waals surface area (Å²) in [7, 11) is 3.20. The highest BCUT2D eigenvalue weighted by atomic mass is 35.5. The van der Waals surface area contributed by atoms with Crippen LogP contribution in [0.25, 0.3) is 0 Å². The number of hydrogen-bond donors (Lipinski definition) is 1. The number of halogens is 1. The Morgan fingerprint density at radius 2 is 2.11 bits per heavy atom. The third kappa shape index (κ3) is 3.47. The van der Waals surface area contributed by atoms with E-state index in [0.717, 1.165) is 18.5 Å². The van der Waals surface area contributed by atoms with Gasteiger partial charge in [0.05, 0.1) is 37.7 Å². The number of hydrogen-bond acceptors (Lipinski definition) is 4. The van der Waals surface area contributed by atoms with Gasteiger partial charge < -0.3 is 19.5 Å². The molecule has 0 fully saturated rings. The smallest absolute Gasteiger partial charge is 0.145 e. The largest absolute Gasteiger partial charge is 0.497 e. The van der Waals surface area contributed by atoms with Crippen molar-refractivity contribution in [2.24, 2.45) is 0 Å². The zero-order chi connectivity index (χ0) is 13.7. The summed E-state index contributed by atoms with van der Waals surface area (Å²) in [6.07, 6.45) is 6.02. The number of benzene rings is 1. The fraction of sp³-hybridized carbons (Fsp3) is 0.429. The van der Waals surface area contributed by atoms with Crippen LogP contribution >= 0.6 is 11.6 Å². The van der Waals surface area contributed by atoms with Gasteiger partial charge in [-0.25, -0.2) is 0 Å². The van der Waals surface area contributed by atoms with Crippen molar-refractivity contribution in [1.82, 2.24) is 0 Å². The molecule has 1 aromatic rings. The molecule has 1 unspecified atom stereocenters. The van der Waals surface area contributed by atoms with Gasteiger partial charge >= 0.3 is 0 Å². The number of ether oxygens (including phenoxy) is 3. The molecule has 0 spiro atoms. The van der Waals surface area contributed by atoms with E-state index in [-0.39, 0.29) is 6.10 Å². The van der Waals surface area contributed by atoms with Crippen molar-refractivity contribution < 1.29 is 14.2 Å². The van der Waals surface area contributed by atoms with Crippen LogP contribution in [0.1, 0.15) is 12.8 Å². The molecule has 19 heavy (non-hydrogen) atoms. The summed E-state index contributed by atoms with van der Waals surface area (Å²) >= 11 is 6.12. The summed E-state index contributed by atoms with van der Waals surface area (Å²) in [5, 5.41) is 3.85. The second-order valence-corrected chi connectivity index (χ2v) is 4.68. The normalized spacial score (nSPS) is 17.7. The van der Waals surface area contributed by atoms with Gasteiger partial charge in [-0.1, -0.05) is 11.6 Å². The van der Waals surface area contributed by atoms with Crippen LogP contribution in [0.15, 0.2) is 24.5 Å². The SMILES string of the molecule is COc1cc(OC)c(NCC2CCC=CO2)cc1Cl. The van der Waals surface area contributed by atoms with Gasteiger partial charge in [-0.3, -0.25) is 0 Å². The van der Waals surface area contributed by atoms with Gasteiger partial charge in [-0.15, -0.1) is 0 Å². The summed E-state index contributed by atoms with van der Waals surface area (Å²) in [6.45, 7) is 0.712. The third-order valence-corrected chi connectivity index (χ3v) is 3.31. The molecule has 1 aliphatic rings. The van der Waals surface area contributed by atoms with E-state index in [2.05, 4.69) is 5.32 Å². The first kappa shape index (κ1) is 13.9. The molecule has 0 aromatic heterocycles. The molecule has 0 amide bonds. The van der Waals surface area contributed by atoms with Gasteiger partial charge in [0, 0.05) is 6.07 Å². The molecule has 1 aromatic carbocycles. The first-order valence-corrected chi connectivity index (χ1v) is 6.58. The van der Waals surface area contributed by atoms with Crippen molar-refractivity contribution >= 4 is 17.3 Å². The Morgan fingerprint density at radius 1 is 1.32 bits per heavy atom. The van der Waals surface area contributed by atoms with Gasteiger partial charge in [0.2, 0.25) is 0 Å². The molecular weight excluding hydrogens is 266 g/mol. The quantitative estimate of drug-likeness (QED) is 0.898. The van der Waals surface area contributed by atoms with Crippen molar-refractivity contribution in [3.63, 3.8) is 0 Å². The summed E-state index contributed by atoms with van der Waals surface area (Å²) in [6, 6.07) is 3.57. The lowest BCUT2D eigenvalue weighted by atomic mass is 10.1. The number of anilines is 1. The highest BCUT2D eigenvalue weighted by Crippen LogP contribution is 2.35. The Bertz CT molecular complexity index is 462. The average Bonchev–Trinajstić information content (AvgIpc) is 2.46. The van der Waals surface area contributed by atoms with E-state index >= 15 is 0 Å². The number of rotatable bonds is 5. The van der Waals surface area contributed by atoms with Crippen LogP contribution in [0.5, 0.6) is 11.5 Å². The van der Waals surface area contributed by atoms with Crippen molar-refractivity contribution in [3.05, 3.63) is 29.5 Å². The second-order valence-electron chi connectivity index (χ2n) is 4.28. The van der Waals surface area contributed by atoms with Crippen LogP contribution in [0.2, 0.25) is 5.02 Å². The summed E-state index contributed by atoms with van der Waals surface area (Å²) in [5.41, 5.74) is 0.839. The van der Waals surface area contributed by atoms with Crippen molar-refractivity contribution in [1.29, 1.82) is 0 Å². The van der Waals surface area contributed by atoms with Gasteiger partial charge in [-0.05, 0) is 25.0 Å². The first-order chi connectivity index (χ1) is 9.24. The summed E-state index contributed by atoms with van der Waals surface area (Å²) in [5.74, 6) is 1.30. The molecule has 0 saturated carbocycles. The Balaban J connectivity index is 2.06. The molecule has 1 aliphatic heterocycles. The van der Waals surface area contributed by atoms with Crippen molar-refractivity contribution in [2.45, 2.75) is 18.9 Å². The third-order valence-electron chi connectivity index (χ3n) is 3.02. The monoisotopic (exact) mass is 283 g/mol. The number of allylic oxidation sites excluding steroid dienone is 1. The van der Waals surface area contributed by atoms with Crippen LogP contribution in [0, 0.1) is 0 Å². The second kappa shape index (κ2) is 6.57. The average molecular weight is 284 g/mol. The van der Waals surface area contributed by atoms with Gasteiger partial charge in [0.25, 0.3) is 0 Å². The lowest BCUT2D eigenvalue weighted by molar-refractivity contribution is 0.135. The Morgan fingerprint density at radius 3 is 2.74 bits per heavy atom. The highest BCUT2D eigenvalue weighted by Gasteiger charge is 2.14. The predicted octanol–water partition coefficient (Wildman–Crippen LogP) is 3.46. The van der Waals surface area contributed by atoms with E-state index in [9.17, 15) is 0 Å². The van der Waals surface area contributed by atoms with Crippen LogP contribution < -0.4 is 14.8 Å². The van der Waals surface area contributed by atoms with E-state index in [1.807, 2.05) is 6.08 Å². The Labute approximate surface area is 118 Å². The molecular formula is C14H18ClNO3. The molecule has 0 radical (unpaired) electrons. The van der Waals surface area contributed by atoms with E-state index in [0.29, 0.717) is 23.1 Å². The molecule has 4 nitrogen and oxygen atoms in total. The lowest BCUT2D eigenvalue weighted by Gasteiger charge is -2.21. The van der Waals surface area contributed by atoms with Crippen LogP contribution in [-0.2, 0) is 4.74 Å². The zero-order valence-electron chi connectivity index (χ0n) is 11.1. The van der Waals surface area contributed by atoms with Gasteiger partial charge in [0.15, 0.2) is 0 Å². The predicted molar refractivity (Wildman–Crippen MR) is 76.3 cm³/mol. The lowest BCUT2D eigenvalue weighted by Crippen LogP contribution is -2.23. The Kier molecular flexibility index (Phi) is 4.80. The number of nitrogens with one attached hydrogen (secondary N) is 1. The molecule has 0 saturated heterocycles. The highest BCUT2D eigenvalue weighted by molar-refractivity contribution is 6.32. The number of methoxy groups -OCH3 is 2. The van der Waals surface area contributed by atoms with E-state index < -0.39 is 0 Å². The maximum Gasteiger partial charge on any atom is 0.145 e. The van der Waals surface area contributed by atoms with E-state index in [4.69, 9.17) is 25.8 Å². The van der Waals surface area contributed by atoms with Crippen LogP contribution in [0.3, 0.4) is 0 Å². The molecule has 5 heteroatoms. The maximum absolute atomic E-state index is 6.12. The van der Waals surface area contributed by atoms with E-state index in [1.54, 1.807) is 32.6 Å². The van der Waals surface area contributed by atoms with Gasteiger partial charge in [0.1, 0.15) is 17.6 Å². The molecule has 1 heterocycles. The van der Waals surface area contributed by atoms with Crippen molar-refractivity contribution in [2.75, 3.05) is 26.1 Å². The van der Waals surface area contributed by atoms with E-state index in [1.165, 1.54) is 0 Å². The fourth-order valence-corrected chi connectivity index (χ4v) is 2.20. The molecule has 1 N–H and O–H groups in total. The standard InChI is InChI=1S/C14H18ClNO3/c1-17-13-8-14(18-2)12(7-11(13)15)16-9-10-5-3-4-6-19-10/h4,6-8,10,16H,3,5,9H2,1-2H3. The minimum absolute atomic E-state index is 0.176. The zero-order valence-corrected chi connectivity index (χ0v) is 11.9. The molecule has 2 rings (SSSR count). The summed E-state index contributed by atoms with van der Waals surface area (Å²) < 4.78 is 16.0. The molecule has 0 aliphatic carbocycles. The minimum atomic E-state index is 0.176. The minimum Gasteiger partial charge on any atom is -0.497 e.